The molecule has 0 saturated carbocycles. The van der Waals surface area contributed by atoms with Crippen LogP contribution in [-0.4, -0.2) is 55.0 Å². The average molecular weight is 555 g/mol. The average Bonchev–Trinajstić information content (AvgIpc) is 3.39. The van der Waals surface area contributed by atoms with Crippen LogP contribution in [0.3, 0.4) is 0 Å². The Morgan fingerprint density at radius 3 is 2.27 bits per heavy atom. The van der Waals surface area contributed by atoms with Crippen LogP contribution in [0, 0.1) is 0 Å². The van der Waals surface area contributed by atoms with Gasteiger partial charge in [-0.05, 0) is 35.6 Å². The number of benzene rings is 3. The standard InChI is InChI=1S/C32H34N4O5/c1-39-27-18-25-26(19-28(27)40-2)34-30(35-29(25)37)36-14-12-32(13-15-36,20-21-8-4-3-5-9-21)41-31(38)33-24-16-22-10-6-7-11-23(22)17-24/h3-11,18-19,24H,12-17,20H2,1-2H3,(H,33,38)(H,34,35,37). The molecule has 3 aromatic carbocycles. The summed E-state index contributed by atoms with van der Waals surface area (Å²) in [6, 6.07) is 21.8. The molecule has 0 atom stereocenters. The lowest BCUT2D eigenvalue weighted by Gasteiger charge is -2.41. The van der Waals surface area contributed by atoms with Crippen molar-refractivity contribution in [1.29, 1.82) is 0 Å². The molecule has 1 amide bonds. The smallest absolute Gasteiger partial charge is 0.407 e. The lowest BCUT2D eigenvalue weighted by Crippen LogP contribution is -2.51. The molecular weight excluding hydrogens is 520 g/mol. The van der Waals surface area contributed by atoms with Crippen LogP contribution in [-0.2, 0) is 24.0 Å². The molecule has 0 bridgehead atoms. The summed E-state index contributed by atoms with van der Waals surface area (Å²) in [4.78, 5) is 35.9. The van der Waals surface area contributed by atoms with Gasteiger partial charge in [-0.2, -0.15) is 0 Å². The Labute approximate surface area is 238 Å². The number of nitrogens with one attached hydrogen (secondary N) is 2. The normalized spacial score (nSPS) is 16.3. The maximum atomic E-state index is 13.2. The summed E-state index contributed by atoms with van der Waals surface area (Å²) in [5.74, 6) is 1.46. The van der Waals surface area contributed by atoms with Crippen molar-refractivity contribution in [3.63, 3.8) is 0 Å². The van der Waals surface area contributed by atoms with Crippen LogP contribution in [0.1, 0.15) is 29.5 Å². The second-order valence-electron chi connectivity index (χ2n) is 10.9. The van der Waals surface area contributed by atoms with Crippen LogP contribution in [0.25, 0.3) is 10.9 Å². The first kappa shape index (κ1) is 26.7. The lowest BCUT2D eigenvalue weighted by atomic mass is 9.85. The van der Waals surface area contributed by atoms with E-state index < -0.39 is 5.60 Å². The van der Waals surface area contributed by atoms with E-state index in [9.17, 15) is 9.59 Å². The number of carbonyl (C=O) groups excluding carboxylic acids is 1. The quantitative estimate of drug-likeness (QED) is 0.349. The molecule has 2 N–H and O–H groups in total. The second-order valence-corrected chi connectivity index (χ2v) is 10.9. The molecular formula is C32H34N4O5. The summed E-state index contributed by atoms with van der Waals surface area (Å²) < 4.78 is 17.0. The van der Waals surface area contributed by atoms with Crippen molar-refractivity contribution in [3.05, 3.63) is 93.8 Å². The van der Waals surface area contributed by atoms with Gasteiger partial charge in [-0.25, -0.2) is 9.78 Å². The predicted molar refractivity (Wildman–Crippen MR) is 157 cm³/mol. The minimum Gasteiger partial charge on any atom is -0.493 e. The van der Waals surface area contributed by atoms with Crippen LogP contribution in [0.2, 0.25) is 0 Å². The molecule has 6 rings (SSSR count). The Morgan fingerprint density at radius 1 is 0.976 bits per heavy atom. The molecule has 41 heavy (non-hydrogen) atoms. The van der Waals surface area contributed by atoms with Crippen molar-refractivity contribution in [2.45, 2.75) is 43.7 Å². The molecule has 0 unspecified atom stereocenters. The summed E-state index contributed by atoms with van der Waals surface area (Å²) >= 11 is 0. The second kappa shape index (κ2) is 11.2. The predicted octanol–water partition coefficient (Wildman–Crippen LogP) is 4.42. The van der Waals surface area contributed by atoms with Crippen molar-refractivity contribution < 1.29 is 19.0 Å². The van der Waals surface area contributed by atoms with Gasteiger partial charge in [-0.3, -0.25) is 9.78 Å². The number of amides is 1. The number of rotatable bonds is 7. The van der Waals surface area contributed by atoms with Gasteiger partial charge in [-0.1, -0.05) is 54.6 Å². The van der Waals surface area contributed by atoms with E-state index in [1.54, 1.807) is 19.2 Å². The molecule has 9 nitrogen and oxygen atoms in total. The Hall–Kier alpha value is -4.53. The number of methoxy groups -OCH3 is 2. The zero-order valence-corrected chi connectivity index (χ0v) is 23.3. The highest BCUT2D eigenvalue weighted by Crippen LogP contribution is 2.34. The Kier molecular flexibility index (Phi) is 7.26. The van der Waals surface area contributed by atoms with Gasteiger partial charge in [0, 0.05) is 44.5 Å². The first-order valence-electron chi connectivity index (χ1n) is 14.0. The molecule has 2 aliphatic rings. The van der Waals surface area contributed by atoms with Crippen LogP contribution < -0.4 is 25.2 Å². The van der Waals surface area contributed by atoms with E-state index in [2.05, 4.69) is 34.6 Å². The van der Waals surface area contributed by atoms with Crippen LogP contribution in [0.15, 0.2) is 71.5 Å². The minimum absolute atomic E-state index is 0.0243. The fraction of sp³-hybridized carbons (Fsp3) is 0.344. The number of ether oxygens (including phenoxy) is 3. The molecule has 1 aromatic heterocycles. The molecule has 0 spiro atoms. The van der Waals surface area contributed by atoms with Gasteiger partial charge in [0.05, 0.1) is 25.1 Å². The van der Waals surface area contributed by atoms with Gasteiger partial charge in [0.1, 0.15) is 5.60 Å². The van der Waals surface area contributed by atoms with Gasteiger partial charge in [0.15, 0.2) is 11.5 Å². The minimum atomic E-state index is -0.679. The van der Waals surface area contributed by atoms with Gasteiger partial charge >= 0.3 is 6.09 Å². The molecule has 1 saturated heterocycles. The van der Waals surface area contributed by atoms with Crippen LogP contribution in [0.5, 0.6) is 11.5 Å². The largest absolute Gasteiger partial charge is 0.493 e. The summed E-state index contributed by atoms with van der Waals surface area (Å²) in [7, 11) is 3.08. The van der Waals surface area contributed by atoms with Crippen molar-refractivity contribution >= 4 is 22.9 Å². The van der Waals surface area contributed by atoms with E-state index in [4.69, 9.17) is 19.2 Å². The topological polar surface area (TPSA) is 106 Å². The lowest BCUT2D eigenvalue weighted by molar-refractivity contribution is -0.00847. The van der Waals surface area contributed by atoms with E-state index in [1.165, 1.54) is 18.2 Å². The van der Waals surface area contributed by atoms with E-state index in [1.807, 2.05) is 35.2 Å². The number of alkyl carbamates (subject to hydrolysis) is 1. The highest BCUT2D eigenvalue weighted by atomic mass is 16.6. The number of anilines is 1. The molecule has 1 aliphatic heterocycles. The van der Waals surface area contributed by atoms with Gasteiger partial charge in [0.25, 0.3) is 5.56 Å². The van der Waals surface area contributed by atoms with Crippen LogP contribution >= 0.6 is 0 Å². The van der Waals surface area contributed by atoms with Gasteiger partial charge in [0.2, 0.25) is 5.95 Å². The fourth-order valence-electron chi connectivity index (χ4n) is 6.07. The number of hydrogen-bond acceptors (Lipinski definition) is 7. The summed E-state index contributed by atoms with van der Waals surface area (Å²) in [5.41, 5.74) is 3.26. The third-order valence-electron chi connectivity index (χ3n) is 8.22. The van der Waals surface area contributed by atoms with Crippen molar-refractivity contribution in [3.8, 4) is 11.5 Å². The summed E-state index contributed by atoms with van der Waals surface area (Å²) in [5, 5.41) is 3.54. The third kappa shape index (κ3) is 5.57. The number of aromatic nitrogens is 2. The number of carbonyl (C=O) groups is 1. The fourth-order valence-corrected chi connectivity index (χ4v) is 6.07. The first-order chi connectivity index (χ1) is 19.9. The van der Waals surface area contributed by atoms with E-state index in [-0.39, 0.29) is 17.7 Å². The first-order valence-corrected chi connectivity index (χ1v) is 14.0. The number of piperidine rings is 1. The zero-order chi connectivity index (χ0) is 28.4. The number of H-pyrrole nitrogens is 1. The van der Waals surface area contributed by atoms with Crippen molar-refractivity contribution in [2.24, 2.45) is 0 Å². The maximum absolute atomic E-state index is 13.2. The number of hydrogen-bond donors (Lipinski definition) is 2. The number of aromatic amines is 1. The monoisotopic (exact) mass is 554 g/mol. The molecule has 1 fully saturated rings. The van der Waals surface area contributed by atoms with Gasteiger partial charge < -0.3 is 24.4 Å². The Morgan fingerprint density at radius 2 is 1.61 bits per heavy atom. The van der Waals surface area contributed by atoms with E-state index in [0.29, 0.717) is 60.7 Å². The van der Waals surface area contributed by atoms with E-state index >= 15 is 0 Å². The van der Waals surface area contributed by atoms with Crippen LogP contribution in [0.4, 0.5) is 10.7 Å². The highest BCUT2D eigenvalue weighted by molar-refractivity contribution is 5.82. The highest BCUT2D eigenvalue weighted by Gasteiger charge is 2.40. The molecule has 212 valence electrons. The summed E-state index contributed by atoms with van der Waals surface area (Å²) in [6.45, 7) is 1.13. The van der Waals surface area contributed by atoms with Gasteiger partial charge in [-0.15, -0.1) is 0 Å². The number of nitrogens with zero attached hydrogens (tertiary/aromatic N) is 2. The SMILES string of the molecule is COc1cc2nc(N3CCC(Cc4ccccc4)(OC(=O)NC4Cc5ccccc5C4)CC3)[nH]c(=O)c2cc1OC. The van der Waals surface area contributed by atoms with E-state index in [0.717, 1.165) is 18.4 Å². The molecule has 9 heteroatoms. The van der Waals surface area contributed by atoms with Crippen molar-refractivity contribution in [1.82, 2.24) is 15.3 Å². The zero-order valence-electron chi connectivity index (χ0n) is 23.3. The molecule has 2 heterocycles. The third-order valence-corrected chi connectivity index (χ3v) is 8.22. The Balaban J connectivity index is 1.20. The number of fused-ring (bicyclic) bond motifs is 2. The summed E-state index contributed by atoms with van der Waals surface area (Å²) in [6.07, 6.45) is 3.02. The van der Waals surface area contributed by atoms with Crippen molar-refractivity contribution in [2.75, 3.05) is 32.2 Å². The molecule has 1 aliphatic carbocycles. The molecule has 0 radical (unpaired) electrons. The Bertz CT molecular complexity index is 1590. The molecule has 4 aromatic rings. The maximum Gasteiger partial charge on any atom is 0.407 e.